The van der Waals surface area contributed by atoms with E-state index in [9.17, 15) is 4.79 Å². The van der Waals surface area contributed by atoms with Crippen LogP contribution in [-0.4, -0.2) is 43.0 Å². The van der Waals surface area contributed by atoms with E-state index in [-0.39, 0.29) is 30.0 Å². The number of ketones is 1. The number of ether oxygens (including phenoxy) is 4. The molecule has 0 N–H and O–H groups in total. The number of carbonyl (C=O) groups excluding carboxylic acids is 1. The zero-order valence-corrected chi connectivity index (χ0v) is 28.1. The Balaban J connectivity index is 1.20. The molecule has 0 amide bonds. The van der Waals surface area contributed by atoms with Crippen molar-refractivity contribution in [2.75, 3.05) is 18.5 Å². The fraction of sp³-hybridized carbons (Fsp3) is 0.811. The minimum absolute atomic E-state index is 0.0438. The van der Waals surface area contributed by atoms with Gasteiger partial charge in [0.2, 0.25) is 0 Å². The molecule has 0 bridgehead atoms. The van der Waals surface area contributed by atoms with E-state index >= 15 is 0 Å². The third-order valence-electron chi connectivity index (χ3n) is 11.7. The van der Waals surface area contributed by atoms with Crippen LogP contribution in [0.15, 0.2) is 18.2 Å². The van der Waals surface area contributed by atoms with Crippen molar-refractivity contribution in [3.05, 3.63) is 29.3 Å². The smallest absolute Gasteiger partial charge is 0.199 e. The molecule has 1 aromatic rings. The molecule has 6 heteroatoms. The number of hydrogen-bond donors (Lipinski definition) is 0. The van der Waals surface area contributed by atoms with Gasteiger partial charge in [-0.25, -0.2) is 0 Å². The molecule has 6 rings (SSSR count). The first-order valence-corrected chi connectivity index (χ1v) is 19.0. The lowest BCUT2D eigenvalue weighted by atomic mass is 9.51. The topological polar surface area (TPSA) is 54.0 Å². The largest absolute Gasteiger partial charge is 0.465 e. The van der Waals surface area contributed by atoms with Crippen molar-refractivity contribution >= 4 is 21.7 Å². The molecule has 5 aliphatic rings. The number of benzene rings is 1. The molecule has 8 atom stereocenters. The summed E-state index contributed by atoms with van der Waals surface area (Å²) in [6.07, 6.45) is 21.0. The Morgan fingerprint density at radius 1 is 0.860 bits per heavy atom. The molecule has 0 aromatic heterocycles. The Kier molecular flexibility index (Phi) is 11.2. The lowest BCUT2D eigenvalue weighted by Crippen LogP contribution is -2.50. The van der Waals surface area contributed by atoms with Gasteiger partial charge in [0.1, 0.15) is 5.75 Å². The molecule has 240 valence electrons. The average Bonchev–Trinajstić information content (AvgIpc) is 3.36. The van der Waals surface area contributed by atoms with E-state index < -0.39 is 0 Å². The highest BCUT2D eigenvalue weighted by Crippen LogP contribution is 2.63. The first-order valence-electron chi connectivity index (χ1n) is 17.9. The molecule has 2 heterocycles. The summed E-state index contributed by atoms with van der Waals surface area (Å²) in [4.78, 5) is 14.5. The monoisotopic (exact) mass is 658 g/mol. The Morgan fingerprint density at radius 3 is 2.30 bits per heavy atom. The molecule has 2 saturated carbocycles. The number of hydrogen-bond acceptors (Lipinski definition) is 5. The lowest BCUT2D eigenvalue weighted by molar-refractivity contribution is -0.213. The second-order valence-corrected chi connectivity index (χ2v) is 15.2. The molecule has 5 nitrogen and oxygen atoms in total. The Hall–Kier alpha value is -0.950. The number of Topliss-reactive ketones (excluding diaryl/α,β-unsaturated/α-hetero) is 1. The maximum absolute atomic E-state index is 14.5. The van der Waals surface area contributed by atoms with Crippen LogP contribution in [-0.2, 0) is 14.2 Å². The minimum atomic E-state index is -0.192. The summed E-state index contributed by atoms with van der Waals surface area (Å²) < 4.78 is 24.9. The first kappa shape index (κ1) is 32.0. The van der Waals surface area contributed by atoms with Crippen LogP contribution in [0.3, 0.4) is 0 Å². The van der Waals surface area contributed by atoms with Gasteiger partial charge in [-0.2, -0.15) is 0 Å². The molecule has 1 aromatic carbocycles. The third kappa shape index (κ3) is 7.23. The third-order valence-corrected chi connectivity index (χ3v) is 12.3. The van der Waals surface area contributed by atoms with Crippen molar-refractivity contribution < 1.29 is 23.7 Å². The van der Waals surface area contributed by atoms with E-state index in [1.165, 1.54) is 63.4 Å². The number of carbonyl (C=O) groups is 1. The van der Waals surface area contributed by atoms with Gasteiger partial charge in [-0.15, -0.1) is 0 Å². The van der Waals surface area contributed by atoms with Crippen LogP contribution >= 0.6 is 15.9 Å². The molecule has 0 spiro atoms. The standard InChI is InChI=1S/C37H55BrO5/c1-37-21-20-28-27-17-16-26(42-33-14-8-11-23-40-33)25-30(27)36(39)29(13-7-5-3-2-4-6-10-22-38)35(28)31(37)18-19-32(37)43-34-15-9-12-24-41-34/h16-17,25,28-29,31-35H,2-15,18-24H2,1H3. The zero-order chi connectivity index (χ0) is 29.6. The fourth-order valence-corrected chi connectivity index (χ4v) is 9.83. The molecular formula is C37H55BrO5. The number of halogens is 1. The van der Waals surface area contributed by atoms with Gasteiger partial charge in [0.05, 0.1) is 12.7 Å². The maximum atomic E-state index is 14.5. The van der Waals surface area contributed by atoms with Crippen LogP contribution in [0, 0.1) is 23.2 Å². The van der Waals surface area contributed by atoms with Crippen molar-refractivity contribution in [3.63, 3.8) is 0 Å². The van der Waals surface area contributed by atoms with E-state index in [0.717, 1.165) is 87.6 Å². The van der Waals surface area contributed by atoms with Crippen molar-refractivity contribution in [2.24, 2.45) is 23.2 Å². The molecule has 0 radical (unpaired) electrons. The van der Waals surface area contributed by atoms with Crippen molar-refractivity contribution in [1.29, 1.82) is 0 Å². The summed E-state index contributed by atoms with van der Waals surface area (Å²) in [5.41, 5.74) is 2.32. The lowest BCUT2D eigenvalue weighted by Gasteiger charge is -2.53. The minimum Gasteiger partial charge on any atom is -0.465 e. The van der Waals surface area contributed by atoms with Gasteiger partial charge in [0.15, 0.2) is 18.4 Å². The number of unbranched alkanes of at least 4 members (excludes halogenated alkanes) is 6. The van der Waals surface area contributed by atoms with Crippen molar-refractivity contribution in [2.45, 2.75) is 147 Å². The SMILES string of the molecule is CC12CCC3c4ccc(OC5CCCCO5)cc4C(=O)C(CCCCCCCCCBr)C3C1CCC2OC1CCCCO1. The summed E-state index contributed by atoms with van der Waals surface area (Å²) in [6, 6.07) is 6.40. The van der Waals surface area contributed by atoms with E-state index in [2.05, 4.69) is 41.1 Å². The average molecular weight is 660 g/mol. The molecule has 3 aliphatic carbocycles. The van der Waals surface area contributed by atoms with Gasteiger partial charge in [0.25, 0.3) is 0 Å². The normalized spacial score (nSPS) is 35.7. The Labute approximate surface area is 268 Å². The predicted molar refractivity (Wildman–Crippen MR) is 174 cm³/mol. The van der Waals surface area contributed by atoms with Gasteiger partial charge < -0.3 is 18.9 Å². The molecule has 8 unspecified atom stereocenters. The summed E-state index contributed by atoms with van der Waals surface area (Å²) in [5, 5.41) is 1.11. The number of rotatable bonds is 13. The van der Waals surface area contributed by atoms with E-state index in [4.69, 9.17) is 18.9 Å². The highest BCUT2D eigenvalue weighted by molar-refractivity contribution is 9.09. The van der Waals surface area contributed by atoms with Gasteiger partial charge in [-0.05, 0) is 111 Å². The van der Waals surface area contributed by atoms with E-state index in [1.807, 2.05) is 0 Å². The highest BCUT2D eigenvalue weighted by Gasteiger charge is 2.59. The zero-order valence-electron chi connectivity index (χ0n) is 26.5. The number of fused-ring (bicyclic) bond motifs is 5. The predicted octanol–water partition coefficient (Wildman–Crippen LogP) is 9.74. The fourth-order valence-electron chi connectivity index (χ4n) is 9.44. The first-order chi connectivity index (χ1) is 21.1. The second kappa shape index (κ2) is 15.1. The Bertz CT molecular complexity index is 1050. The highest BCUT2D eigenvalue weighted by atomic mass is 79.9. The van der Waals surface area contributed by atoms with Crippen molar-refractivity contribution in [3.8, 4) is 5.75 Å². The van der Waals surface area contributed by atoms with E-state index in [1.54, 1.807) is 0 Å². The summed E-state index contributed by atoms with van der Waals surface area (Å²) in [6.45, 7) is 4.07. The summed E-state index contributed by atoms with van der Waals surface area (Å²) in [5.74, 6) is 2.64. The molecule has 2 aliphatic heterocycles. The van der Waals surface area contributed by atoms with Gasteiger partial charge >= 0.3 is 0 Å². The van der Waals surface area contributed by atoms with Gasteiger partial charge in [0, 0.05) is 29.8 Å². The molecule has 4 fully saturated rings. The maximum Gasteiger partial charge on any atom is 0.199 e. The van der Waals surface area contributed by atoms with E-state index in [0.29, 0.717) is 23.5 Å². The quantitative estimate of drug-likeness (QED) is 0.156. The van der Waals surface area contributed by atoms with Crippen molar-refractivity contribution in [1.82, 2.24) is 0 Å². The van der Waals surface area contributed by atoms with Gasteiger partial charge in [-0.1, -0.05) is 67.4 Å². The Morgan fingerprint density at radius 2 is 1.58 bits per heavy atom. The molecule has 43 heavy (non-hydrogen) atoms. The molecular weight excluding hydrogens is 604 g/mol. The van der Waals surface area contributed by atoms with Crippen LogP contribution in [0.5, 0.6) is 5.75 Å². The van der Waals surface area contributed by atoms with Crippen LogP contribution in [0.25, 0.3) is 0 Å². The van der Waals surface area contributed by atoms with Crippen LogP contribution < -0.4 is 4.74 Å². The van der Waals surface area contributed by atoms with Gasteiger partial charge in [-0.3, -0.25) is 4.79 Å². The van der Waals surface area contributed by atoms with Crippen LogP contribution in [0.1, 0.15) is 144 Å². The van der Waals surface area contributed by atoms with Crippen LogP contribution in [0.2, 0.25) is 0 Å². The number of alkyl halides is 1. The molecule has 2 saturated heterocycles. The van der Waals surface area contributed by atoms with Crippen LogP contribution in [0.4, 0.5) is 0 Å². The summed E-state index contributed by atoms with van der Waals surface area (Å²) >= 11 is 3.55. The second-order valence-electron chi connectivity index (χ2n) is 14.4. The summed E-state index contributed by atoms with van der Waals surface area (Å²) in [7, 11) is 0.